The molecule has 92 valence electrons. The van der Waals surface area contributed by atoms with Crippen LogP contribution in [0.15, 0.2) is 18.3 Å². The molecule has 1 amide bonds. The minimum atomic E-state index is -0.970. The summed E-state index contributed by atoms with van der Waals surface area (Å²) in [5, 5.41) is 18.5. The molecule has 1 heterocycles. The van der Waals surface area contributed by atoms with E-state index in [1.165, 1.54) is 6.20 Å². The minimum Gasteiger partial charge on any atom is -0.481 e. The summed E-state index contributed by atoms with van der Waals surface area (Å²) in [7, 11) is 0. The number of nitrogens with zero attached hydrogens (tertiary/aromatic N) is 2. The first kappa shape index (κ1) is 13.0. The van der Waals surface area contributed by atoms with E-state index < -0.39 is 17.9 Å². The predicted octanol–water partition coefficient (Wildman–Crippen LogP) is -0.715. The summed E-state index contributed by atoms with van der Waals surface area (Å²) in [6.45, 7) is 0.230. The number of carboxylic acids is 1. The molecule has 7 heteroatoms. The maximum Gasteiger partial charge on any atom is 0.303 e. The highest BCUT2D eigenvalue weighted by Gasteiger charge is 2.14. The smallest absolute Gasteiger partial charge is 0.303 e. The van der Waals surface area contributed by atoms with Crippen LogP contribution >= 0.6 is 0 Å². The third-order valence-corrected chi connectivity index (χ3v) is 2.08. The second-order valence-electron chi connectivity index (χ2n) is 3.47. The molecule has 0 aliphatic rings. The standard InChI is InChI=1S/C10H14N4O3/c11-8(3-4-9(15)16)10(17)12-6-7-2-1-5-13-14-7/h1-2,5,8H,3-4,6,11H2,(H,12,17)(H,15,16). The molecule has 0 saturated carbocycles. The topological polar surface area (TPSA) is 118 Å². The Balaban J connectivity index is 2.32. The summed E-state index contributed by atoms with van der Waals surface area (Å²) < 4.78 is 0. The Labute approximate surface area is 98.0 Å². The van der Waals surface area contributed by atoms with Crippen molar-refractivity contribution in [2.45, 2.75) is 25.4 Å². The van der Waals surface area contributed by atoms with E-state index in [1.807, 2.05) is 0 Å². The molecule has 1 rings (SSSR count). The molecular weight excluding hydrogens is 224 g/mol. The first-order valence-electron chi connectivity index (χ1n) is 5.11. The second kappa shape index (κ2) is 6.54. The van der Waals surface area contributed by atoms with Gasteiger partial charge in [0.2, 0.25) is 5.91 Å². The normalized spacial score (nSPS) is 11.8. The van der Waals surface area contributed by atoms with Gasteiger partial charge in [0.1, 0.15) is 0 Å². The van der Waals surface area contributed by atoms with Gasteiger partial charge in [0.25, 0.3) is 0 Å². The molecule has 0 aliphatic carbocycles. The van der Waals surface area contributed by atoms with E-state index in [9.17, 15) is 9.59 Å². The Kier molecular flexibility index (Phi) is 5.02. The number of carbonyl (C=O) groups is 2. The van der Waals surface area contributed by atoms with Crippen LogP contribution in [0.4, 0.5) is 0 Å². The number of hydrogen-bond donors (Lipinski definition) is 3. The van der Waals surface area contributed by atoms with Crippen molar-refractivity contribution in [3.8, 4) is 0 Å². The number of nitrogens with two attached hydrogens (primary N) is 1. The number of hydrogen-bond acceptors (Lipinski definition) is 5. The van der Waals surface area contributed by atoms with Crippen molar-refractivity contribution in [3.05, 3.63) is 24.0 Å². The highest BCUT2D eigenvalue weighted by Crippen LogP contribution is 1.96. The lowest BCUT2D eigenvalue weighted by Crippen LogP contribution is -2.40. The fourth-order valence-electron chi connectivity index (χ4n) is 1.15. The Morgan fingerprint density at radius 3 is 2.88 bits per heavy atom. The molecule has 0 aromatic carbocycles. The van der Waals surface area contributed by atoms with E-state index in [4.69, 9.17) is 10.8 Å². The summed E-state index contributed by atoms with van der Waals surface area (Å²) in [6.07, 6.45) is 1.52. The number of amides is 1. The number of carbonyl (C=O) groups excluding carboxylic acids is 1. The third-order valence-electron chi connectivity index (χ3n) is 2.08. The fourth-order valence-corrected chi connectivity index (χ4v) is 1.15. The number of aromatic nitrogens is 2. The quantitative estimate of drug-likeness (QED) is 0.602. The number of rotatable bonds is 6. The van der Waals surface area contributed by atoms with Gasteiger partial charge in [0.05, 0.1) is 18.3 Å². The van der Waals surface area contributed by atoms with E-state index >= 15 is 0 Å². The zero-order chi connectivity index (χ0) is 12.7. The average Bonchev–Trinajstić information content (AvgIpc) is 2.34. The van der Waals surface area contributed by atoms with Crippen molar-refractivity contribution >= 4 is 11.9 Å². The van der Waals surface area contributed by atoms with E-state index in [2.05, 4.69) is 15.5 Å². The third kappa shape index (κ3) is 5.03. The van der Waals surface area contributed by atoms with Crippen molar-refractivity contribution in [1.29, 1.82) is 0 Å². The molecule has 0 spiro atoms. The van der Waals surface area contributed by atoms with E-state index in [-0.39, 0.29) is 19.4 Å². The Morgan fingerprint density at radius 1 is 1.53 bits per heavy atom. The van der Waals surface area contributed by atoms with Gasteiger partial charge in [0.15, 0.2) is 0 Å². The minimum absolute atomic E-state index is 0.113. The molecule has 0 aliphatic heterocycles. The Bertz CT molecular complexity index is 382. The van der Waals surface area contributed by atoms with Gasteiger partial charge in [-0.3, -0.25) is 9.59 Å². The Morgan fingerprint density at radius 2 is 2.29 bits per heavy atom. The zero-order valence-electron chi connectivity index (χ0n) is 9.17. The van der Waals surface area contributed by atoms with Crippen LogP contribution < -0.4 is 11.1 Å². The first-order chi connectivity index (χ1) is 8.09. The van der Waals surface area contributed by atoms with Gasteiger partial charge in [0, 0.05) is 12.6 Å². The van der Waals surface area contributed by atoms with Crippen LogP contribution in [0.2, 0.25) is 0 Å². The van der Waals surface area contributed by atoms with Crippen LogP contribution in [0.25, 0.3) is 0 Å². The largest absolute Gasteiger partial charge is 0.481 e. The Hall–Kier alpha value is -2.02. The molecule has 0 radical (unpaired) electrons. The van der Waals surface area contributed by atoms with Crippen LogP contribution in [-0.4, -0.2) is 33.2 Å². The molecular formula is C10H14N4O3. The van der Waals surface area contributed by atoms with Crippen LogP contribution in [0.3, 0.4) is 0 Å². The molecule has 0 fully saturated rings. The van der Waals surface area contributed by atoms with Crippen molar-refractivity contribution in [2.75, 3.05) is 0 Å². The van der Waals surface area contributed by atoms with Gasteiger partial charge in [-0.25, -0.2) is 0 Å². The molecule has 1 unspecified atom stereocenters. The summed E-state index contributed by atoms with van der Waals surface area (Å²) in [6, 6.07) is 2.61. The molecule has 1 atom stereocenters. The molecule has 1 aromatic heterocycles. The van der Waals surface area contributed by atoms with E-state index in [1.54, 1.807) is 12.1 Å². The predicted molar refractivity (Wildman–Crippen MR) is 58.7 cm³/mol. The van der Waals surface area contributed by atoms with Crippen LogP contribution in [0.5, 0.6) is 0 Å². The van der Waals surface area contributed by atoms with Crippen LogP contribution in [-0.2, 0) is 16.1 Å². The van der Waals surface area contributed by atoms with E-state index in [0.717, 1.165) is 0 Å². The lowest BCUT2D eigenvalue weighted by molar-refractivity contribution is -0.137. The average molecular weight is 238 g/mol. The van der Waals surface area contributed by atoms with Crippen molar-refractivity contribution < 1.29 is 14.7 Å². The molecule has 0 bridgehead atoms. The maximum absolute atomic E-state index is 11.5. The van der Waals surface area contributed by atoms with Crippen molar-refractivity contribution in [2.24, 2.45) is 5.73 Å². The molecule has 1 aromatic rings. The second-order valence-corrected chi connectivity index (χ2v) is 3.47. The monoisotopic (exact) mass is 238 g/mol. The lowest BCUT2D eigenvalue weighted by Gasteiger charge is -2.10. The molecule has 7 nitrogen and oxygen atoms in total. The van der Waals surface area contributed by atoms with Gasteiger partial charge in [-0.1, -0.05) is 0 Å². The summed E-state index contributed by atoms with van der Waals surface area (Å²) in [4.78, 5) is 21.8. The maximum atomic E-state index is 11.5. The molecule has 0 saturated heterocycles. The lowest BCUT2D eigenvalue weighted by atomic mass is 10.1. The molecule has 4 N–H and O–H groups in total. The SMILES string of the molecule is NC(CCC(=O)O)C(=O)NCc1cccnn1. The van der Waals surface area contributed by atoms with E-state index in [0.29, 0.717) is 5.69 Å². The molecule has 17 heavy (non-hydrogen) atoms. The van der Waals surface area contributed by atoms with Gasteiger partial charge in [-0.05, 0) is 18.6 Å². The summed E-state index contributed by atoms with van der Waals surface area (Å²) >= 11 is 0. The highest BCUT2D eigenvalue weighted by molar-refractivity contribution is 5.82. The van der Waals surface area contributed by atoms with Gasteiger partial charge >= 0.3 is 5.97 Å². The summed E-state index contributed by atoms with van der Waals surface area (Å²) in [5.74, 6) is -1.36. The summed E-state index contributed by atoms with van der Waals surface area (Å²) in [5.41, 5.74) is 6.14. The van der Waals surface area contributed by atoms with Crippen molar-refractivity contribution in [3.63, 3.8) is 0 Å². The fraction of sp³-hybridized carbons (Fsp3) is 0.400. The van der Waals surface area contributed by atoms with Gasteiger partial charge in [-0.2, -0.15) is 10.2 Å². The number of nitrogens with one attached hydrogen (secondary N) is 1. The van der Waals surface area contributed by atoms with Gasteiger partial charge < -0.3 is 16.2 Å². The van der Waals surface area contributed by atoms with Gasteiger partial charge in [-0.15, -0.1) is 0 Å². The first-order valence-corrected chi connectivity index (χ1v) is 5.11. The van der Waals surface area contributed by atoms with Crippen LogP contribution in [0.1, 0.15) is 18.5 Å². The number of carboxylic acid groups (broad SMARTS) is 1. The van der Waals surface area contributed by atoms with Crippen molar-refractivity contribution in [1.82, 2.24) is 15.5 Å². The number of aliphatic carboxylic acids is 1. The zero-order valence-corrected chi connectivity index (χ0v) is 9.17. The highest BCUT2D eigenvalue weighted by atomic mass is 16.4. The van der Waals surface area contributed by atoms with Crippen LogP contribution in [0, 0.1) is 0 Å².